The molecule has 0 aliphatic heterocycles. The van der Waals surface area contributed by atoms with Gasteiger partial charge in [-0.15, -0.1) is 0 Å². The van der Waals surface area contributed by atoms with Crippen LogP contribution in [0.4, 0.5) is 0 Å². The third-order valence-corrected chi connectivity index (χ3v) is 4.85. The first-order valence-corrected chi connectivity index (χ1v) is 7.95. The van der Waals surface area contributed by atoms with Gasteiger partial charge in [0.2, 0.25) is 0 Å². The molecule has 1 fully saturated rings. The minimum absolute atomic E-state index is 0.0168. The predicted molar refractivity (Wildman–Crippen MR) is 83.5 cm³/mol. The summed E-state index contributed by atoms with van der Waals surface area (Å²) in [6.07, 6.45) is 6.06. The van der Waals surface area contributed by atoms with E-state index in [4.69, 9.17) is 4.74 Å². The molecule has 0 heterocycles. The average molecular weight is 269 g/mol. The first-order valence-electron chi connectivity index (χ1n) is 7.95. The predicted octanol–water partition coefficient (Wildman–Crippen LogP) is 4.39. The monoisotopic (exact) mass is 269 g/mol. The summed E-state index contributed by atoms with van der Waals surface area (Å²) in [6.45, 7) is 15.1. The smallest absolute Gasteiger partial charge is 0.0836 e. The molecule has 1 aliphatic rings. The fraction of sp³-hybridized carbons (Fsp3) is 1.00. The van der Waals surface area contributed by atoms with E-state index in [1.165, 1.54) is 32.1 Å². The van der Waals surface area contributed by atoms with Crippen LogP contribution < -0.4 is 5.32 Å². The van der Waals surface area contributed by atoms with Gasteiger partial charge in [0.25, 0.3) is 0 Å². The Labute approximate surface area is 120 Å². The summed E-state index contributed by atoms with van der Waals surface area (Å²) in [4.78, 5) is 0. The molecule has 2 nitrogen and oxygen atoms in total. The lowest BCUT2D eigenvalue weighted by molar-refractivity contribution is -0.109. The fourth-order valence-electron chi connectivity index (χ4n) is 3.53. The van der Waals surface area contributed by atoms with E-state index in [2.05, 4.69) is 46.9 Å². The van der Waals surface area contributed by atoms with Crippen molar-refractivity contribution >= 4 is 0 Å². The zero-order chi connectivity index (χ0) is 14.7. The number of nitrogens with one attached hydrogen (secondary N) is 1. The van der Waals surface area contributed by atoms with Crippen LogP contribution in [0.5, 0.6) is 0 Å². The summed E-state index contributed by atoms with van der Waals surface area (Å²) in [5.41, 5.74) is 0.727. The summed E-state index contributed by atoms with van der Waals surface area (Å²) in [5, 5.41) is 3.77. The van der Waals surface area contributed by atoms with Crippen LogP contribution in [-0.2, 0) is 4.74 Å². The van der Waals surface area contributed by atoms with Gasteiger partial charge in [0.05, 0.1) is 5.60 Å². The van der Waals surface area contributed by atoms with Crippen molar-refractivity contribution in [2.24, 2.45) is 10.8 Å². The Hall–Kier alpha value is -0.0800. The second-order valence-corrected chi connectivity index (χ2v) is 8.19. The van der Waals surface area contributed by atoms with Crippen LogP contribution in [0.25, 0.3) is 0 Å². The third-order valence-electron chi connectivity index (χ3n) is 4.85. The molecule has 19 heavy (non-hydrogen) atoms. The van der Waals surface area contributed by atoms with Crippen molar-refractivity contribution < 1.29 is 4.74 Å². The quantitative estimate of drug-likeness (QED) is 0.799. The maximum Gasteiger partial charge on any atom is 0.0836 e. The summed E-state index contributed by atoms with van der Waals surface area (Å²) >= 11 is 0. The van der Waals surface area contributed by atoms with Crippen LogP contribution >= 0.6 is 0 Å². The summed E-state index contributed by atoms with van der Waals surface area (Å²) in [6, 6.07) is 0.432. The molecule has 0 saturated heterocycles. The van der Waals surface area contributed by atoms with Gasteiger partial charge >= 0.3 is 0 Å². The van der Waals surface area contributed by atoms with Crippen molar-refractivity contribution in [1.82, 2.24) is 5.32 Å². The number of methoxy groups -OCH3 is 1. The Balaban J connectivity index is 2.90. The van der Waals surface area contributed by atoms with Crippen LogP contribution in [0.1, 0.15) is 73.6 Å². The van der Waals surface area contributed by atoms with E-state index in [0.717, 1.165) is 6.54 Å². The highest BCUT2D eigenvalue weighted by molar-refractivity contribution is 5.03. The molecule has 0 aromatic carbocycles. The molecule has 0 bridgehead atoms. The second-order valence-electron chi connectivity index (χ2n) is 8.19. The fourth-order valence-corrected chi connectivity index (χ4v) is 3.53. The highest BCUT2D eigenvalue weighted by Crippen LogP contribution is 2.46. The van der Waals surface area contributed by atoms with Gasteiger partial charge in [-0.1, -0.05) is 41.5 Å². The maximum atomic E-state index is 6.10. The molecule has 114 valence electrons. The summed E-state index contributed by atoms with van der Waals surface area (Å²) in [5.74, 6) is 0. The Morgan fingerprint density at radius 1 is 1.11 bits per heavy atom. The molecule has 0 spiro atoms. The van der Waals surface area contributed by atoms with Crippen molar-refractivity contribution in [3.63, 3.8) is 0 Å². The van der Waals surface area contributed by atoms with E-state index < -0.39 is 0 Å². The molecule has 1 rings (SSSR count). The van der Waals surface area contributed by atoms with Crippen molar-refractivity contribution in [3.8, 4) is 0 Å². The van der Waals surface area contributed by atoms with Crippen LogP contribution in [0.3, 0.4) is 0 Å². The van der Waals surface area contributed by atoms with Gasteiger partial charge < -0.3 is 10.1 Å². The van der Waals surface area contributed by atoms with Crippen molar-refractivity contribution in [1.29, 1.82) is 0 Å². The van der Waals surface area contributed by atoms with E-state index in [9.17, 15) is 0 Å². The minimum atomic E-state index is 0.0168. The Morgan fingerprint density at radius 2 is 1.63 bits per heavy atom. The van der Waals surface area contributed by atoms with Gasteiger partial charge in [-0.05, 0) is 49.5 Å². The van der Waals surface area contributed by atoms with Gasteiger partial charge in [0.1, 0.15) is 0 Å². The normalized spacial score (nSPS) is 24.2. The van der Waals surface area contributed by atoms with E-state index in [1.54, 1.807) is 0 Å². The minimum Gasteiger partial charge on any atom is -0.377 e. The molecule has 1 atom stereocenters. The van der Waals surface area contributed by atoms with E-state index in [1.807, 2.05) is 7.11 Å². The van der Waals surface area contributed by atoms with Crippen LogP contribution in [-0.4, -0.2) is 25.3 Å². The van der Waals surface area contributed by atoms with Crippen LogP contribution in [0.15, 0.2) is 0 Å². The van der Waals surface area contributed by atoms with Gasteiger partial charge in [0, 0.05) is 13.2 Å². The molecule has 1 aliphatic carbocycles. The molecular weight excluding hydrogens is 234 g/mol. The van der Waals surface area contributed by atoms with Gasteiger partial charge in [-0.25, -0.2) is 0 Å². The Morgan fingerprint density at radius 3 is 2.00 bits per heavy atom. The molecule has 0 radical (unpaired) electrons. The van der Waals surface area contributed by atoms with Crippen molar-refractivity contribution in [2.75, 3.05) is 13.7 Å². The van der Waals surface area contributed by atoms with E-state index in [0.29, 0.717) is 11.5 Å². The first kappa shape index (κ1) is 17.0. The number of ether oxygens (including phenoxy) is 1. The Kier molecular flexibility index (Phi) is 5.48. The second kappa shape index (κ2) is 6.13. The molecule has 0 aromatic rings. The molecular formula is C17H35NO. The lowest BCUT2D eigenvalue weighted by atomic mass is 9.64. The molecule has 0 amide bonds. The largest absolute Gasteiger partial charge is 0.377 e. The van der Waals surface area contributed by atoms with Crippen LogP contribution in [0, 0.1) is 10.8 Å². The zero-order valence-corrected chi connectivity index (χ0v) is 14.2. The Bertz CT molecular complexity index is 267. The van der Waals surface area contributed by atoms with E-state index in [-0.39, 0.29) is 11.0 Å². The number of hydrogen-bond acceptors (Lipinski definition) is 2. The van der Waals surface area contributed by atoms with Crippen molar-refractivity contribution in [2.45, 2.75) is 85.3 Å². The van der Waals surface area contributed by atoms with Crippen molar-refractivity contribution in [3.05, 3.63) is 0 Å². The van der Waals surface area contributed by atoms with E-state index >= 15 is 0 Å². The standard InChI is InChI=1S/C17H35NO/c1-8-13-18-14(15(2,3)4)17(19-7)11-9-16(5,6)10-12-17/h14,18H,8-13H2,1-7H3. The highest BCUT2D eigenvalue weighted by Gasteiger charge is 2.48. The SMILES string of the molecule is CCCNC(C(C)(C)C)C1(OC)CCC(C)(C)CC1. The molecule has 1 unspecified atom stereocenters. The van der Waals surface area contributed by atoms with Gasteiger partial charge in [-0.2, -0.15) is 0 Å². The molecule has 0 aromatic heterocycles. The number of hydrogen-bond donors (Lipinski definition) is 1. The molecule has 1 saturated carbocycles. The zero-order valence-electron chi connectivity index (χ0n) is 14.2. The topological polar surface area (TPSA) is 21.3 Å². The van der Waals surface area contributed by atoms with Gasteiger partial charge in [-0.3, -0.25) is 0 Å². The molecule has 2 heteroatoms. The molecule has 1 N–H and O–H groups in total. The third kappa shape index (κ3) is 4.19. The summed E-state index contributed by atoms with van der Waals surface area (Å²) in [7, 11) is 1.91. The van der Waals surface area contributed by atoms with Gasteiger partial charge in [0.15, 0.2) is 0 Å². The van der Waals surface area contributed by atoms with Crippen LogP contribution in [0.2, 0.25) is 0 Å². The average Bonchev–Trinajstić information content (AvgIpc) is 2.30. The number of rotatable bonds is 5. The lowest BCUT2D eigenvalue weighted by Gasteiger charge is -2.51. The highest BCUT2D eigenvalue weighted by atomic mass is 16.5. The maximum absolute atomic E-state index is 6.10. The first-order chi connectivity index (χ1) is 8.67. The lowest BCUT2D eigenvalue weighted by Crippen LogP contribution is -2.60. The summed E-state index contributed by atoms with van der Waals surface area (Å²) < 4.78 is 6.10.